The van der Waals surface area contributed by atoms with Crippen LogP contribution in [0.4, 0.5) is 5.95 Å². The van der Waals surface area contributed by atoms with E-state index in [1.54, 1.807) is 7.11 Å². The van der Waals surface area contributed by atoms with Crippen molar-refractivity contribution in [2.45, 2.75) is 18.0 Å². The maximum absolute atomic E-state index is 6.61. The van der Waals surface area contributed by atoms with Crippen LogP contribution in [0.25, 0.3) is 22.3 Å². The number of rotatable bonds is 8. The van der Waals surface area contributed by atoms with Crippen LogP contribution in [-0.4, -0.2) is 70.8 Å². The van der Waals surface area contributed by atoms with Gasteiger partial charge >= 0.3 is 0 Å². The molecule has 2 atom stereocenters. The maximum atomic E-state index is 6.61. The Hall–Kier alpha value is -3.27. The number of aromatic nitrogens is 4. The van der Waals surface area contributed by atoms with E-state index in [0.717, 1.165) is 35.1 Å². The molecule has 0 saturated carbocycles. The molecule has 1 aromatic carbocycles. The molecule has 1 aliphatic rings. The first-order valence-electron chi connectivity index (χ1n) is 11.0. The third kappa shape index (κ3) is 4.47. The molecular formula is C24H32N8O. The lowest BCUT2D eigenvalue weighted by Crippen LogP contribution is -2.57. The van der Waals surface area contributed by atoms with Gasteiger partial charge in [-0.05, 0) is 58.4 Å². The number of para-hydroxylation sites is 1. The third-order valence-electron chi connectivity index (χ3n) is 6.21. The van der Waals surface area contributed by atoms with Gasteiger partial charge in [0.1, 0.15) is 12.1 Å². The fourth-order valence-corrected chi connectivity index (χ4v) is 4.25. The second-order valence-electron chi connectivity index (χ2n) is 8.59. The summed E-state index contributed by atoms with van der Waals surface area (Å²) in [5.74, 6) is 1.72. The molecule has 174 valence electrons. The zero-order valence-corrected chi connectivity index (χ0v) is 19.8. The molecule has 0 saturated heterocycles. The second-order valence-corrected chi connectivity index (χ2v) is 8.59. The summed E-state index contributed by atoms with van der Waals surface area (Å²) in [5.41, 5.74) is 8.95. The van der Waals surface area contributed by atoms with E-state index in [4.69, 9.17) is 10.5 Å². The number of ether oxygens (including phenoxy) is 1. The predicted molar refractivity (Wildman–Crippen MR) is 131 cm³/mol. The number of nitrogens with two attached hydrogens (primary N) is 1. The van der Waals surface area contributed by atoms with Crippen LogP contribution < -0.4 is 16.4 Å². The van der Waals surface area contributed by atoms with Gasteiger partial charge in [0.25, 0.3) is 0 Å². The van der Waals surface area contributed by atoms with Gasteiger partial charge in [0.2, 0.25) is 5.95 Å². The van der Waals surface area contributed by atoms with Crippen molar-refractivity contribution in [3.63, 3.8) is 0 Å². The highest BCUT2D eigenvalue weighted by molar-refractivity contribution is 5.93. The average molecular weight is 449 g/mol. The van der Waals surface area contributed by atoms with Crippen molar-refractivity contribution in [1.82, 2.24) is 29.7 Å². The molecule has 9 nitrogen and oxygen atoms in total. The predicted octanol–water partition coefficient (Wildman–Crippen LogP) is 2.11. The molecule has 2 aromatic heterocycles. The van der Waals surface area contributed by atoms with Crippen LogP contribution in [0.1, 0.15) is 6.42 Å². The highest BCUT2D eigenvalue weighted by atomic mass is 16.5. The minimum atomic E-state index is -0.409. The number of likely N-dealkylation sites (N-methyl/N-ethyl adjacent to an activating group) is 1. The van der Waals surface area contributed by atoms with Gasteiger partial charge in [0.05, 0.1) is 23.9 Å². The van der Waals surface area contributed by atoms with Crippen molar-refractivity contribution in [2.75, 3.05) is 40.1 Å². The first-order chi connectivity index (χ1) is 15.9. The van der Waals surface area contributed by atoms with Crippen molar-refractivity contribution in [1.29, 1.82) is 0 Å². The molecule has 33 heavy (non-hydrogen) atoms. The Bertz CT molecular complexity index is 1200. The third-order valence-corrected chi connectivity index (χ3v) is 6.21. The number of nitrogens with one attached hydrogen (secondary N) is 2. The number of benzene rings is 1. The Morgan fingerprint density at radius 1 is 1.24 bits per heavy atom. The largest absolute Gasteiger partial charge is 0.495 e. The molecule has 0 aliphatic heterocycles. The summed E-state index contributed by atoms with van der Waals surface area (Å²) in [7, 11) is 9.69. The maximum Gasteiger partial charge on any atom is 0.230 e. The molecule has 1 aliphatic carbocycles. The first kappa shape index (κ1) is 22.9. The van der Waals surface area contributed by atoms with Gasteiger partial charge in [0.15, 0.2) is 5.82 Å². The molecule has 0 radical (unpaired) electrons. The van der Waals surface area contributed by atoms with E-state index in [-0.39, 0.29) is 6.04 Å². The average Bonchev–Trinajstić information content (AvgIpc) is 3.20. The van der Waals surface area contributed by atoms with E-state index in [0.29, 0.717) is 17.5 Å². The normalized spacial score (nSPS) is 20.6. The number of aryl methyl sites for hydroxylation is 1. The summed E-state index contributed by atoms with van der Waals surface area (Å²) in [6, 6.07) is 7.92. The summed E-state index contributed by atoms with van der Waals surface area (Å²) in [5, 5.41) is 7.82. The van der Waals surface area contributed by atoms with Gasteiger partial charge in [-0.2, -0.15) is 4.98 Å². The summed E-state index contributed by atoms with van der Waals surface area (Å²) in [6.45, 7) is 0.889. The first-order valence-corrected chi connectivity index (χ1v) is 11.0. The molecule has 0 spiro atoms. The van der Waals surface area contributed by atoms with Crippen molar-refractivity contribution in [3.8, 4) is 11.4 Å². The van der Waals surface area contributed by atoms with Crippen molar-refractivity contribution in [3.05, 3.63) is 60.4 Å². The quantitative estimate of drug-likeness (QED) is 0.481. The van der Waals surface area contributed by atoms with Crippen molar-refractivity contribution in [2.24, 2.45) is 12.8 Å². The monoisotopic (exact) mass is 448 g/mol. The molecule has 0 bridgehead atoms. The molecule has 2 heterocycles. The van der Waals surface area contributed by atoms with Crippen LogP contribution >= 0.6 is 0 Å². The summed E-state index contributed by atoms with van der Waals surface area (Å²) < 4.78 is 7.78. The summed E-state index contributed by atoms with van der Waals surface area (Å²) >= 11 is 0. The Balaban J connectivity index is 1.64. The number of nitrogens with zero attached hydrogens (tertiary/aromatic N) is 5. The SMILES string of the molecule is CNC1(CCN(C)C)C=C(OC)C(Nc2ncnc(-c3cccc4ccn(C)c34)n2)=CC1N. The fraction of sp³-hybridized carbons (Fsp3) is 0.375. The van der Waals surface area contributed by atoms with E-state index in [1.807, 2.05) is 38.5 Å². The van der Waals surface area contributed by atoms with Crippen molar-refractivity contribution < 1.29 is 4.74 Å². The highest BCUT2D eigenvalue weighted by Gasteiger charge is 2.37. The number of hydrogen-bond donors (Lipinski definition) is 3. The minimum Gasteiger partial charge on any atom is -0.495 e. The van der Waals surface area contributed by atoms with Gasteiger partial charge < -0.3 is 30.6 Å². The van der Waals surface area contributed by atoms with E-state index >= 15 is 0 Å². The standard InChI is InChI=1S/C24H32N8O/c1-26-24(10-12-31(2)3)14-19(33-5)18(13-20(24)25)29-23-28-15-27-22(30-23)17-8-6-7-16-9-11-32(4)21(16)17/h6-9,11,13-15,20,26H,10,12,25H2,1-5H3,(H,27,28,29,30). The lowest BCUT2D eigenvalue weighted by atomic mass is 9.82. The number of fused-ring (bicyclic) bond motifs is 1. The Morgan fingerprint density at radius 2 is 2.06 bits per heavy atom. The number of anilines is 1. The van der Waals surface area contributed by atoms with Gasteiger partial charge in [-0.15, -0.1) is 0 Å². The van der Waals surface area contributed by atoms with Crippen molar-refractivity contribution >= 4 is 16.9 Å². The molecule has 9 heteroatoms. The Labute approximate surface area is 194 Å². The lowest BCUT2D eigenvalue weighted by molar-refractivity contribution is 0.260. The lowest BCUT2D eigenvalue weighted by Gasteiger charge is -2.39. The van der Waals surface area contributed by atoms with Crippen LogP contribution in [-0.2, 0) is 11.8 Å². The molecule has 2 unspecified atom stereocenters. The Kier molecular flexibility index (Phi) is 6.46. The van der Waals surface area contributed by atoms with Gasteiger partial charge in [-0.1, -0.05) is 12.1 Å². The molecule has 4 rings (SSSR count). The van der Waals surface area contributed by atoms with Crippen LogP contribution in [0.3, 0.4) is 0 Å². The molecule has 4 N–H and O–H groups in total. The molecule has 3 aromatic rings. The van der Waals surface area contributed by atoms with E-state index in [9.17, 15) is 0 Å². The zero-order valence-electron chi connectivity index (χ0n) is 19.8. The summed E-state index contributed by atoms with van der Waals surface area (Å²) in [4.78, 5) is 15.6. The van der Waals surface area contributed by atoms with Gasteiger partial charge in [-0.25, -0.2) is 9.97 Å². The van der Waals surface area contributed by atoms with Gasteiger partial charge in [0, 0.05) is 30.2 Å². The fourth-order valence-electron chi connectivity index (χ4n) is 4.25. The minimum absolute atomic E-state index is 0.262. The topological polar surface area (TPSA) is 106 Å². The second kappa shape index (κ2) is 9.30. The van der Waals surface area contributed by atoms with E-state index in [1.165, 1.54) is 6.33 Å². The Morgan fingerprint density at radius 3 is 2.79 bits per heavy atom. The highest BCUT2D eigenvalue weighted by Crippen LogP contribution is 2.30. The van der Waals surface area contributed by atoms with Crippen LogP contribution in [0.2, 0.25) is 0 Å². The number of hydrogen-bond acceptors (Lipinski definition) is 8. The zero-order chi connectivity index (χ0) is 23.6. The molecule has 0 amide bonds. The molecule has 0 fully saturated rings. The van der Waals surface area contributed by atoms with E-state index < -0.39 is 5.54 Å². The smallest absolute Gasteiger partial charge is 0.230 e. The van der Waals surface area contributed by atoms with Crippen LogP contribution in [0, 0.1) is 0 Å². The van der Waals surface area contributed by atoms with E-state index in [2.05, 4.69) is 67.4 Å². The van der Waals surface area contributed by atoms with Crippen LogP contribution in [0.15, 0.2) is 60.4 Å². The molecular weight excluding hydrogens is 416 g/mol. The number of methoxy groups -OCH3 is 1. The summed E-state index contributed by atoms with van der Waals surface area (Å²) in [6.07, 6.45) is 8.40. The van der Waals surface area contributed by atoms with Gasteiger partial charge in [-0.3, -0.25) is 0 Å². The van der Waals surface area contributed by atoms with Crippen LogP contribution in [0.5, 0.6) is 0 Å².